The van der Waals surface area contributed by atoms with E-state index in [2.05, 4.69) is 11.3 Å². The summed E-state index contributed by atoms with van der Waals surface area (Å²) < 4.78 is 49.7. The number of alkyl halides is 3. The molecule has 0 aliphatic heterocycles. The maximum atomic E-state index is 13.4. The molecule has 0 saturated heterocycles. The van der Waals surface area contributed by atoms with Crippen molar-refractivity contribution in [2.45, 2.75) is 45.1 Å². The molecule has 6 heteroatoms. The number of carbonyl (C=O) groups excluding carboxylic acids is 1. The Labute approximate surface area is 127 Å². The highest BCUT2D eigenvalue weighted by Gasteiger charge is 2.56. The summed E-state index contributed by atoms with van der Waals surface area (Å²) in [5.74, 6) is 0. The van der Waals surface area contributed by atoms with Gasteiger partial charge in [0.05, 0.1) is 0 Å². The number of benzene rings is 1. The molecule has 0 N–H and O–H groups in total. The number of hydrogen-bond acceptors (Lipinski definition) is 3. The van der Waals surface area contributed by atoms with Gasteiger partial charge in [0.2, 0.25) is 5.60 Å². The Kier molecular flexibility index (Phi) is 4.95. The lowest BCUT2D eigenvalue weighted by Crippen LogP contribution is -2.44. The van der Waals surface area contributed by atoms with E-state index >= 15 is 0 Å². The second kappa shape index (κ2) is 6.02. The first kappa shape index (κ1) is 18.1. The maximum absolute atomic E-state index is 13.4. The monoisotopic (exact) mass is 316 g/mol. The quantitative estimate of drug-likeness (QED) is 0.731. The van der Waals surface area contributed by atoms with Crippen molar-refractivity contribution in [1.82, 2.24) is 0 Å². The maximum Gasteiger partial charge on any atom is 0.510 e. The first-order valence-electron chi connectivity index (χ1n) is 6.61. The first-order valence-corrected chi connectivity index (χ1v) is 6.61. The fraction of sp³-hybridized carbons (Fsp3) is 0.438. The second-order valence-electron chi connectivity index (χ2n) is 5.92. The van der Waals surface area contributed by atoms with E-state index in [0.29, 0.717) is 5.56 Å². The molecule has 0 amide bonds. The van der Waals surface area contributed by atoms with Crippen molar-refractivity contribution < 1.29 is 27.4 Å². The van der Waals surface area contributed by atoms with E-state index in [0.717, 1.165) is 6.92 Å². The van der Waals surface area contributed by atoms with Gasteiger partial charge in [0.1, 0.15) is 5.60 Å². The van der Waals surface area contributed by atoms with E-state index in [1.807, 2.05) is 0 Å². The Balaban J connectivity index is 3.15. The molecule has 1 rings (SSSR count). The molecule has 0 radical (unpaired) electrons. The summed E-state index contributed by atoms with van der Waals surface area (Å²) in [4.78, 5) is 11.7. The van der Waals surface area contributed by atoms with Crippen LogP contribution in [0.4, 0.5) is 18.0 Å². The number of carbonyl (C=O) groups is 1. The lowest BCUT2D eigenvalue weighted by Gasteiger charge is -2.32. The normalized spacial score (nSPS) is 14.9. The molecule has 22 heavy (non-hydrogen) atoms. The lowest BCUT2D eigenvalue weighted by atomic mass is 9.94. The van der Waals surface area contributed by atoms with Crippen LogP contribution in [0, 0.1) is 0 Å². The zero-order valence-electron chi connectivity index (χ0n) is 13.0. The van der Waals surface area contributed by atoms with Crippen molar-refractivity contribution in [3.63, 3.8) is 0 Å². The van der Waals surface area contributed by atoms with Crippen LogP contribution in [0.5, 0.6) is 0 Å². The lowest BCUT2D eigenvalue weighted by molar-refractivity contribution is -0.264. The van der Waals surface area contributed by atoms with Crippen molar-refractivity contribution in [3.8, 4) is 0 Å². The third kappa shape index (κ3) is 4.26. The van der Waals surface area contributed by atoms with Gasteiger partial charge in [0.25, 0.3) is 0 Å². The van der Waals surface area contributed by atoms with Crippen LogP contribution in [0.25, 0.3) is 6.08 Å². The number of hydrogen-bond donors (Lipinski definition) is 0. The fourth-order valence-corrected chi connectivity index (χ4v) is 1.66. The predicted molar refractivity (Wildman–Crippen MR) is 77.3 cm³/mol. The highest BCUT2D eigenvalue weighted by Crippen LogP contribution is 2.42. The summed E-state index contributed by atoms with van der Waals surface area (Å²) in [6, 6.07) is 5.42. The van der Waals surface area contributed by atoms with Gasteiger partial charge in [-0.15, -0.1) is 0 Å². The summed E-state index contributed by atoms with van der Waals surface area (Å²) in [5, 5.41) is 0. The minimum Gasteiger partial charge on any atom is -0.429 e. The molecule has 0 saturated carbocycles. The Hall–Kier alpha value is -1.98. The van der Waals surface area contributed by atoms with E-state index in [4.69, 9.17) is 4.74 Å². The van der Waals surface area contributed by atoms with Crippen LogP contribution in [0.2, 0.25) is 0 Å². The highest BCUT2D eigenvalue weighted by atomic mass is 19.4. The van der Waals surface area contributed by atoms with Crippen LogP contribution in [0.15, 0.2) is 30.8 Å². The fourth-order valence-electron chi connectivity index (χ4n) is 1.66. The summed E-state index contributed by atoms with van der Waals surface area (Å²) in [6.07, 6.45) is -4.66. The van der Waals surface area contributed by atoms with Gasteiger partial charge in [-0.3, -0.25) is 0 Å². The summed E-state index contributed by atoms with van der Waals surface area (Å²) in [5.41, 5.74) is -3.28. The average Bonchev–Trinajstić information content (AvgIpc) is 2.35. The molecular formula is C16H19F3O3. The van der Waals surface area contributed by atoms with Crippen LogP contribution in [-0.2, 0) is 15.1 Å². The Morgan fingerprint density at radius 1 is 1.05 bits per heavy atom. The van der Waals surface area contributed by atoms with Crippen molar-refractivity contribution in [2.75, 3.05) is 0 Å². The van der Waals surface area contributed by atoms with E-state index in [1.54, 1.807) is 0 Å². The minimum atomic E-state index is -4.79. The molecule has 0 aliphatic rings. The van der Waals surface area contributed by atoms with Crippen LogP contribution in [0.3, 0.4) is 0 Å². The van der Waals surface area contributed by atoms with Gasteiger partial charge < -0.3 is 9.47 Å². The third-order valence-electron chi connectivity index (χ3n) is 2.92. The van der Waals surface area contributed by atoms with Gasteiger partial charge >= 0.3 is 12.3 Å². The van der Waals surface area contributed by atoms with Crippen LogP contribution in [0.1, 0.15) is 38.8 Å². The van der Waals surface area contributed by atoms with Gasteiger partial charge in [-0.2, -0.15) is 13.2 Å². The van der Waals surface area contributed by atoms with Gasteiger partial charge in [-0.1, -0.05) is 36.9 Å². The number of rotatable bonds is 3. The van der Waals surface area contributed by atoms with Gasteiger partial charge in [-0.25, -0.2) is 4.79 Å². The van der Waals surface area contributed by atoms with Gasteiger partial charge in [0, 0.05) is 5.56 Å². The summed E-state index contributed by atoms with van der Waals surface area (Å²) >= 11 is 0. The Morgan fingerprint density at radius 3 is 1.91 bits per heavy atom. The Bertz CT molecular complexity index is 541. The Morgan fingerprint density at radius 2 is 1.55 bits per heavy atom. The van der Waals surface area contributed by atoms with Gasteiger partial charge in [-0.05, 0) is 33.3 Å². The van der Waals surface area contributed by atoms with Crippen LogP contribution >= 0.6 is 0 Å². The third-order valence-corrected chi connectivity index (χ3v) is 2.92. The number of ether oxygens (including phenoxy) is 2. The van der Waals surface area contributed by atoms with E-state index < -0.39 is 23.5 Å². The SMILES string of the molecule is C=Cc1ccc(C(C)(OC(=O)OC(C)(C)C)C(F)(F)F)cc1. The number of halogens is 3. The molecule has 0 heterocycles. The highest BCUT2D eigenvalue weighted by molar-refractivity contribution is 5.62. The molecule has 1 aromatic rings. The van der Waals surface area contributed by atoms with Crippen molar-refractivity contribution in [1.29, 1.82) is 0 Å². The van der Waals surface area contributed by atoms with Crippen molar-refractivity contribution in [3.05, 3.63) is 42.0 Å². The summed E-state index contributed by atoms with van der Waals surface area (Å²) in [7, 11) is 0. The zero-order valence-corrected chi connectivity index (χ0v) is 13.0. The molecule has 0 fully saturated rings. The first-order chi connectivity index (χ1) is 9.89. The average molecular weight is 316 g/mol. The molecule has 1 unspecified atom stereocenters. The van der Waals surface area contributed by atoms with Crippen LogP contribution in [-0.4, -0.2) is 17.9 Å². The molecular weight excluding hydrogens is 297 g/mol. The standard InChI is InChI=1S/C16H19F3O3/c1-6-11-7-9-12(10-8-11)15(5,16(17,18)19)22-13(20)21-14(2,3)4/h6-10H,1H2,2-5H3. The molecule has 0 spiro atoms. The minimum absolute atomic E-state index is 0.198. The van der Waals surface area contributed by atoms with Crippen LogP contribution < -0.4 is 0 Å². The summed E-state index contributed by atoms with van der Waals surface area (Å²) in [6.45, 7) is 8.94. The topological polar surface area (TPSA) is 35.5 Å². The molecule has 122 valence electrons. The second-order valence-corrected chi connectivity index (χ2v) is 5.92. The molecule has 3 nitrogen and oxygen atoms in total. The molecule has 0 bridgehead atoms. The van der Waals surface area contributed by atoms with E-state index in [1.165, 1.54) is 51.1 Å². The molecule has 1 aromatic carbocycles. The van der Waals surface area contributed by atoms with Crippen molar-refractivity contribution >= 4 is 12.2 Å². The largest absolute Gasteiger partial charge is 0.510 e. The smallest absolute Gasteiger partial charge is 0.429 e. The predicted octanol–water partition coefficient (Wildman–Crippen LogP) is 5.06. The molecule has 1 atom stereocenters. The molecule has 0 aliphatic carbocycles. The van der Waals surface area contributed by atoms with E-state index in [9.17, 15) is 18.0 Å². The van der Waals surface area contributed by atoms with E-state index in [-0.39, 0.29) is 5.56 Å². The van der Waals surface area contributed by atoms with Gasteiger partial charge in [0.15, 0.2) is 0 Å². The molecule has 0 aromatic heterocycles. The van der Waals surface area contributed by atoms with Crippen molar-refractivity contribution in [2.24, 2.45) is 0 Å². The zero-order chi connectivity index (χ0) is 17.2.